The Kier molecular flexibility index (Phi) is 5.76. The summed E-state index contributed by atoms with van der Waals surface area (Å²) in [5.74, 6) is 0.706. The Morgan fingerprint density at radius 2 is 2.19 bits per heavy atom. The first-order valence-electron chi connectivity index (χ1n) is 6.22. The smallest absolute Gasteiger partial charge is 0.181 e. The maximum absolute atomic E-state index is 11.9. The summed E-state index contributed by atoms with van der Waals surface area (Å²) in [7, 11) is 0. The van der Waals surface area contributed by atoms with Crippen molar-refractivity contribution in [3.05, 3.63) is 30.1 Å². The lowest BCUT2D eigenvalue weighted by Crippen LogP contribution is -2.09. The maximum Gasteiger partial charge on any atom is 0.181 e. The number of aromatic nitrogens is 1. The van der Waals surface area contributed by atoms with Crippen molar-refractivity contribution < 1.29 is 4.79 Å². The summed E-state index contributed by atoms with van der Waals surface area (Å²) in [4.78, 5) is 16.0. The van der Waals surface area contributed by atoms with Gasteiger partial charge in [-0.25, -0.2) is 0 Å². The molecule has 0 fully saturated rings. The van der Waals surface area contributed by atoms with Crippen LogP contribution in [0.15, 0.2) is 24.4 Å². The maximum atomic E-state index is 11.9. The number of ketones is 1. The summed E-state index contributed by atoms with van der Waals surface area (Å²) >= 11 is 0. The molecule has 1 aromatic rings. The Hall–Kier alpha value is -1.18. The summed E-state index contributed by atoms with van der Waals surface area (Å²) < 4.78 is 0. The molecule has 1 rings (SSSR count). The predicted molar refractivity (Wildman–Crippen MR) is 66.5 cm³/mol. The van der Waals surface area contributed by atoms with Gasteiger partial charge in [0.05, 0.1) is 0 Å². The van der Waals surface area contributed by atoms with Crippen LogP contribution in [0.1, 0.15) is 56.4 Å². The van der Waals surface area contributed by atoms with Gasteiger partial charge in [-0.05, 0) is 18.1 Å². The van der Waals surface area contributed by atoms with Gasteiger partial charge in [0.2, 0.25) is 0 Å². The van der Waals surface area contributed by atoms with Crippen LogP contribution in [-0.2, 0) is 0 Å². The molecule has 0 bridgehead atoms. The predicted octanol–water partition coefficient (Wildman–Crippen LogP) is 3.87. The normalized spacial score (nSPS) is 12.4. The molecular weight excluding hydrogens is 198 g/mol. The standard InChI is InChI=1S/C14H21NO/c1-3-5-8-12(4-2)11-14(16)13-9-6-7-10-15-13/h6-7,9-10,12H,3-5,8,11H2,1-2H3. The molecule has 0 saturated heterocycles. The SMILES string of the molecule is CCCCC(CC)CC(=O)c1ccccn1. The van der Waals surface area contributed by atoms with Crippen LogP contribution in [-0.4, -0.2) is 10.8 Å². The Labute approximate surface area is 98.1 Å². The largest absolute Gasteiger partial charge is 0.292 e. The monoisotopic (exact) mass is 219 g/mol. The lowest BCUT2D eigenvalue weighted by molar-refractivity contribution is 0.0952. The summed E-state index contributed by atoms with van der Waals surface area (Å²) in [5, 5.41) is 0. The van der Waals surface area contributed by atoms with E-state index >= 15 is 0 Å². The van der Waals surface area contributed by atoms with E-state index in [1.165, 1.54) is 12.8 Å². The fraction of sp³-hybridized carbons (Fsp3) is 0.571. The van der Waals surface area contributed by atoms with Crippen molar-refractivity contribution in [2.24, 2.45) is 5.92 Å². The molecule has 0 amide bonds. The molecule has 1 atom stereocenters. The van der Waals surface area contributed by atoms with E-state index in [4.69, 9.17) is 0 Å². The Bertz CT molecular complexity index is 308. The van der Waals surface area contributed by atoms with Gasteiger partial charge in [0.15, 0.2) is 5.78 Å². The molecule has 0 aliphatic rings. The van der Waals surface area contributed by atoms with E-state index in [0.717, 1.165) is 12.8 Å². The zero-order valence-corrected chi connectivity index (χ0v) is 10.3. The molecular formula is C14H21NO. The summed E-state index contributed by atoms with van der Waals surface area (Å²) in [6, 6.07) is 5.51. The van der Waals surface area contributed by atoms with Gasteiger partial charge in [0, 0.05) is 12.6 Å². The highest BCUT2D eigenvalue weighted by molar-refractivity contribution is 5.94. The van der Waals surface area contributed by atoms with E-state index in [-0.39, 0.29) is 5.78 Å². The van der Waals surface area contributed by atoms with Gasteiger partial charge in [0.25, 0.3) is 0 Å². The van der Waals surface area contributed by atoms with Gasteiger partial charge in [-0.2, -0.15) is 0 Å². The quantitative estimate of drug-likeness (QED) is 0.651. The topological polar surface area (TPSA) is 30.0 Å². The molecule has 0 aliphatic heterocycles. The summed E-state index contributed by atoms with van der Waals surface area (Å²) in [6.07, 6.45) is 6.99. The molecule has 0 N–H and O–H groups in total. The first-order valence-corrected chi connectivity index (χ1v) is 6.22. The molecule has 1 unspecified atom stereocenters. The second-order valence-electron chi connectivity index (χ2n) is 4.26. The van der Waals surface area contributed by atoms with Crippen LogP contribution in [0.3, 0.4) is 0 Å². The van der Waals surface area contributed by atoms with Crippen LogP contribution in [0.5, 0.6) is 0 Å². The minimum absolute atomic E-state index is 0.184. The molecule has 0 aliphatic carbocycles. The first-order chi connectivity index (χ1) is 7.77. The van der Waals surface area contributed by atoms with Gasteiger partial charge >= 0.3 is 0 Å². The number of nitrogens with zero attached hydrogens (tertiary/aromatic N) is 1. The van der Waals surface area contributed by atoms with Gasteiger partial charge in [-0.3, -0.25) is 9.78 Å². The molecule has 1 aromatic heterocycles. The number of Topliss-reactive ketones (excluding diaryl/α,β-unsaturated/α-hetero) is 1. The molecule has 0 radical (unpaired) electrons. The van der Waals surface area contributed by atoms with Crippen LogP contribution in [0, 0.1) is 5.92 Å². The minimum Gasteiger partial charge on any atom is -0.292 e. The van der Waals surface area contributed by atoms with E-state index in [1.807, 2.05) is 12.1 Å². The van der Waals surface area contributed by atoms with E-state index in [2.05, 4.69) is 18.8 Å². The number of hydrogen-bond acceptors (Lipinski definition) is 2. The second-order valence-corrected chi connectivity index (χ2v) is 4.26. The molecule has 2 nitrogen and oxygen atoms in total. The molecule has 0 spiro atoms. The lowest BCUT2D eigenvalue weighted by Gasteiger charge is -2.12. The van der Waals surface area contributed by atoms with Crippen molar-refractivity contribution >= 4 is 5.78 Å². The molecule has 0 aromatic carbocycles. The number of hydrogen-bond donors (Lipinski definition) is 0. The Morgan fingerprint density at radius 3 is 2.75 bits per heavy atom. The van der Waals surface area contributed by atoms with Crippen molar-refractivity contribution in [2.45, 2.75) is 46.0 Å². The highest BCUT2D eigenvalue weighted by Crippen LogP contribution is 2.18. The van der Waals surface area contributed by atoms with Crippen molar-refractivity contribution in [1.29, 1.82) is 0 Å². The third kappa shape index (κ3) is 4.13. The Balaban J connectivity index is 2.49. The van der Waals surface area contributed by atoms with Crippen LogP contribution in [0.25, 0.3) is 0 Å². The molecule has 88 valence electrons. The Morgan fingerprint density at radius 1 is 1.38 bits per heavy atom. The summed E-state index contributed by atoms with van der Waals surface area (Å²) in [6.45, 7) is 4.35. The zero-order chi connectivity index (χ0) is 11.8. The van der Waals surface area contributed by atoms with E-state index in [0.29, 0.717) is 18.0 Å². The number of unbranched alkanes of at least 4 members (excludes halogenated alkanes) is 1. The van der Waals surface area contributed by atoms with Crippen LogP contribution >= 0.6 is 0 Å². The molecule has 16 heavy (non-hydrogen) atoms. The number of carbonyl (C=O) groups is 1. The van der Waals surface area contributed by atoms with Crippen molar-refractivity contribution in [2.75, 3.05) is 0 Å². The van der Waals surface area contributed by atoms with E-state index in [9.17, 15) is 4.79 Å². The fourth-order valence-corrected chi connectivity index (χ4v) is 1.84. The van der Waals surface area contributed by atoms with E-state index in [1.54, 1.807) is 12.3 Å². The van der Waals surface area contributed by atoms with Crippen LogP contribution < -0.4 is 0 Å². The highest BCUT2D eigenvalue weighted by atomic mass is 16.1. The number of rotatable bonds is 7. The van der Waals surface area contributed by atoms with Crippen molar-refractivity contribution in [3.63, 3.8) is 0 Å². The van der Waals surface area contributed by atoms with Gasteiger partial charge in [-0.15, -0.1) is 0 Å². The molecule has 0 saturated carbocycles. The van der Waals surface area contributed by atoms with Gasteiger partial charge in [0.1, 0.15) is 5.69 Å². The molecule has 2 heteroatoms. The van der Waals surface area contributed by atoms with Gasteiger partial charge < -0.3 is 0 Å². The number of pyridine rings is 1. The highest BCUT2D eigenvalue weighted by Gasteiger charge is 2.13. The fourth-order valence-electron chi connectivity index (χ4n) is 1.84. The second kappa shape index (κ2) is 7.15. The van der Waals surface area contributed by atoms with Crippen LogP contribution in [0.4, 0.5) is 0 Å². The van der Waals surface area contributed by atoms with Crippen molar-refractivity contribution in [1.82, 2.24) is 4.98 Å². The van der Waals surface area contributed by atoms with E-state index < -0.39 is 0 Å². The minimum atomic E-state index is 0.184. The first kappa shape index (κ1) is 12.9. The molecule has 1 heterocycles. The average molecular weight is 219 g/mol. The average Bonchev–Trinajstić information content (AvgIpc) is 2.35. The number of carbonyl (C=O) groups excluding carboxylic acids is 1. The zero-order valence-electron chi connectivity index (χ0n) is 10.3. The lowest BCUT2D eigenvalue weighted by atomic mass is 9.93. The van der Waals surface area contributed by atoms with Crippen molar-refractivity contribution in [3.8, 4) is 0 Å². The van der Waals surface area contributed by atoms with Crippen LogP contribution in [0.2, 0.25) is 0 Å². The third-order valence-corrected chi connectivity index (χ3v) is 2.97. The van der Waals surface area contributed by atoms with Gasteiger partial charge in [-0.1, -0.05) is 45.6 Å². The third-order valence-electron chi connectivity index (χ3n) is 2.97. The summed E-state index contributed by atoms with van der Waals surface area (Å²) in [5.41, 5.74) is 0.609.